The first-order valence-electron chi connectivity index (χ1n) is 8.96. The zero-order valence-electron chi connectivity index (χ0n) is 13.8. The number of hydrogen-bond donors (Lipinski definition) is 0. The van der Waals surface area contributed by atoms with E-state index in [9.17, 15) is 10.1 Å². The van der Waals surface area contributed by atoms with E-state index in [2.05, 4.69) is 31.2 Å². The largest absolute Gasteiger partial charge is 0.272 e. The molecule has 3 nitrogen and oxygen atoms in total. The Morgan fingerprint density at radius 1 is 0.917 bits per heavy atom. The number of nitro benzene ring substituents is 1. The summed E-state index contributed by atoms with van der Waals surface area (Å²) in [5.74, 6) is 4.13. The summed E-state index contributed by atoms with van der Waals surface area (Å²) in [7, 11) is 0. The predicted molar refractivity (Wildman–Crippen MR) is 91.6 cm³/mol. The Bertz CT molecular complexity index is 947. The fourth-order valence-corrected chi connectivity index (χ4v) is 6.97. The first-order chi connectivity index (χ1) is 11.6. The Hall–Kier alpha value is -2.16. The van der Waals surface area contributed by atoms with Crippen molar-refractivity contribution in [2.24, 2.45) is 11.8 Å². The highest BCUT2D eigenvalue weighted by Gasteiger charge is 2.67. The van der Waals surface area contributed by atoms with Crippen LogP contribution in [0.4, 0.5) is 5.69 Å². The summed E-state index contributed by atoms with van der Waals surface area (Å²) < 4.78 is 0. The molecule has 0 N–H and O–H groups in total. The Morgan fingerprint density at radius 3 is 2.29 bits per heavy atom. The van der Waals surface area contributed by atoms with Crippen molar-refractivity contribution < 1.29 is 4.92 Å². The van der Waals surface area contributed by atoms with E-state index in [0.29, 0.717) is 29.4 Å². The fourth-order valence-electron chi connectivity index (χ4n) is 6.97. The molecule has 0 radical (unpaired) electrons. The summed E-state index contributed by atoms with van der Waals surface area (Å²) in [6.45, 7) is 4.20. The molecule has 2 saturated carbocycles. The second-order valence-corrected chi connectivity index (χ2v) is 8.21. The average molecular weight is 317 g/mol. The molecule has 120 valence electrons. The van der Waals surface area contributed by atoms with Gasteiger partial charge in [-0.05, 0) is 83.6 Å². The molecule has 2 fully saturated rings. The number of fused-ring (bicyclic) bond motifs is 14. The maximum atomic E-state index is 11.3. The zero-order valence-corrected chi connectivity index (χ0v) is 13.8. The summed E-state index contributed by atoms with van der Waals surface area (Å²) in [5, 5.41) is 11.3. The second kappa shape index (κ2) is 3.90. The van der Waals surface area contributed by atoms with E-state index in [1.165, 1.54) is 23.1 Å². The van der Waals surface area contributed by atoms with Gasteiger partial charge in [0.2, 0.25) is 0 Å². The van der Waals surface area contributed by atoms with Crippen LogP contribution in [-0.2, 0) is 0 Å². The molecule has 2 aromatic carbocycles. The number of nitro groups is 1. The SMILES string of the molecule is Cc1cccc2c1C1C3CC(C21)C1c2c(ccc([N+](=O)[O-])c2C)C31. The Morgan fingerprint density at radius 2 is 1.58 bits per heavy atom. The molecule has 4 aliphatic carbocycles. The van der Waals surface area contributed by atoms with E-state index in [1.807, 2.05) is 6.92 Å². The normalized spacial score (nSPS) is 36.1. The van der Waals surface area contributed by atoms with Gasteiger partial charge in [-0.2, -0.15) is 0 Å². The molecule has 6 rings (SSSR count). The molecule has 6 unspecified atom stereocenters. The van der Waals surface area contributed by atoms with Gasteiger partial charge in [-0.3, -0.25) is 10.1 Å². The number of aryl methyl sites for hydroxylation is 1. The number of benzene rings is 2. The summed E-state index contributed by atoms with van der Waals surface area (Å²) in [6, 6.07) is 10.5. The second-order valence-electron chi connectivity index (χ2n) is 8.21. The monoisotopic (exact) mass is 317 g/mol. The lowest BCUT2D eigenvalue weighted by Crippen LogP contribution is -2.42. The van der Waals surface area contributed by atoms with E-state index >= 15 is 0 Å². The molecule has 2 aromatic rings. The van der Waals surface area contributed by atoms with Crippen molar-refractivity contribution in [1.29, 1.82) is 0 Å². The lowest BCUT2D eigenvalue weighted by molar-refractivity contribution is -0.385. The average Bonchev–Trinajstić information content (AvgIpc) is 2.95. The predicted octanol–water partition coefficient (Wildman–Crippen LogP) is 4.92. The molecular formula is C21H19NO2. The molecule has 0 heterocycles. The van der Waals surface area contributed by atoms with Crippen LogP contribution in [0.25, 0.3) is 0 Å². The summed E-state index contributed by atoms with van der Waals surface area (Å²) in [4.78, 5) is 11.1. The molecule has 2 bridgehead atoms. The molecule has 24 heavy (non-hydrogen) atoms. The van der Waals surface area contributed by atoms with Crippen LogP contribution in [0.1, 0.15) is 63.5 Å². The summed E-state index contributed by atoms with van der Waals surface area (Å²) in [6.07, 6.45) is 1.31. The van der Waals surface area contributed by atoms with Crippen molar-refractivity contribution in [2.75, 3.05) is 0 Å². The summed E-state index contributed by atoms with van der Waals surface area (Å²) in [5.41, 5.74) is 8.61. The molecule has 0 aliphatic heterocycles. The zero-order chi connectivity index (χ0) is 16.3. The quantitative estimate of drug-likeness (QED) is 0.425. The highest BCUT2D eigenvalue weighted by molar-refractivity contribution is 5.64. The lowest BCUT2D eigenvalue weighted by atomic mass is 9.49. The van der Waals surface area contributed by atoms with Crippen LogP contribution in [0.5, 0.6) is 0 Å². The molecular weight excluding hydrogens is 298 g/mol. The standard InChI is InChI=1S/C21H19NO2/c1-9-4-3-5-11-16(9)20-13-8-14(18(11)20)21-17-10(2)15(22(23)24)7-6-12(17)19(13)21/h3-7,13-14,18-21H,8H2,1-2H3. The minimum Gasteiger partial charge on any atom is -0.258 e. The molecule has 3 heteroatoms. The Labute approximate surface area is 140 Å². The highest BCUT2D eigenvalue weighted by atomic mass is 16.6. The summed E-state index contributed by atoms with van der Waals surface area (Å²) >= 11 is 0. The number of rotatable bonds is 1. The maximum absolute atomic E-state index is 11.3. The molecule has 0 aromatic heterocycles. The van der Waals surface area contributed by atoms with E-state index in [4.69, 9.17) is 0 Å². The maximum Gasteiger partial charge on any atom is 0.272 e. The number of nitrogens with zero attached hydrogens (tertiary/aromatic N) is 1. The van der Waals surface area contributed by atoms with Crippen LogP contribution in [0.2, 0.25) is 0 Å². The van der Waals surface area contributed by atoms with Gasteiger partial charge in [0, 0.05) is 11.6 Å². The highest BCUT2D eigenvalue weighted by Crippen LogP contribution is 2.79. The van der Waals surface area contributed by atoms with Gasteiger partial charge in [0.05, 0.1) is 4.92 Å². The van der Waals surface area contributed by atoms with Crippen molar-refractivity contribution in [1.82, 2.24) is 0 Å². The van der Waals surface area contributed by atoms with Crippen molar-refractivity contribution in [2.45, 2.75) is 43.9 Å². The first-order valence-corrected chi connectivity index (χ1v) is 8.96. The third-order valence-corrected chi connectivity index (χ3v) is 7.62. The van der Waals surface area contributed by atoms with Gasteiger partial charge in [0.25, 0.3) is 5.69 Å². The van der Waals surface area contributed by atoms with Gasteiger partial charge in [-0.1, -0.05) is 24.3 Å². The van der Waals surface area contributed by atoms with E-state index in [-0.39, 0.29) is 4.92 Å². The van der Waals surface area contributed by atoms with Crippen LogP contribution in [-0.4, -0.2) is 4.92 Å². The van der Waals surface area contributed by atoms with Gasteiger partial charge in [0.15, 0.2) is 0 Å². The third kappa shape index (κ3) is 1.19. The molecule has 0 amide bonds. The van der Waals surface area contributed by atoms with E-state index < -0.39 is 0 Å². The lowest BCUT2D eigenvalue weighted by Gasteiger charge is -2.54. The van der Waals surface area contributed by atoms with Crippen LogP contribution in [0.3, 0.4) is 0 Å². The molecule has 4 aliphatic rings. The minimum absolute atomic E-state index is 0.221. The smallest absolute Gasteiger partial charge is 0.258 e. The van der Waals surface area contributed by atoms with E-state index in [1.54, 1.807) is 17.2 Å². The van der Waals surface area contributed by atoms with Crippen LogP contribution in [0, 0.1) is 35.8 Å². The van der Waals surface area contributed by atoms with Crippen molar-refractivity contribution in [3.05, 3.63) is 73.8 Å². The van der Waals surface area contributed by atoms with E-state index in [0.717, 1.165) is 17.4 Å². The van der Waals surface area contributed by atoms with Gasteiger partial charge in [-0.25, -0.2) is 0 Å². The Kier molecular flexibility index (Phi) is 2.14. The van der Waals surface area contributed by atoms with Gasteiger partial charge in [0.1, 0.15) is 0 Å². The van der Waals surface area contributed by atoms with Crippen molar-refractivity contribution in [3.63, 3.8) is 0 Å². The molecule has 0 spiro atoms. The van der Waals surface area contributed by atoms with Crippen molar-refractivity contribution >= 4 is 5.69 Å². The van der Waals surface area contributed by atoms with Crippen LogP contribution < -0.4 is 0 Å². The molecule has 0 saturated heterocycles. The number of hydrogen-bond acceptors (Lipinski definition) is 2. The van der Waals surface area contributed by atoms with Gasteiger partial charge in [-0.15, -0.1) is 0 Å². The van der Waals surface area contributed by atoms with Gasteiger partial charge < -0.3 is 0 Å². The molecule has 6 atom stereocenters. The van der Waals surface area contributed by atoms with Crippen LogP contribution >= 0.6 is 0 Å². The van der Waals surface area contributed by atoms with Crippen molar-refractivity contribution in [3.8, 4) is 0 Å². The topological polar surface area (TPSA) is 43.1 Å². The minimum atomic E-state index is -0.221. The van der Waals surface area contributed by atoms with Crippen LogP contribution in [0.15, 0.2) is 30.3 Å². The third-order valence-electron chi connectivity index (χ3n) is 7.62. The van der Waals surface area contributed by atoms with Gasteiger partial charge >= 0.3 is 0 Å². The first kappa shape index (κ1) is 13.2. The Balaban J connectivity index is 1.49. The fraction of sp³-hybridized carbons (Fsp3) is 0.429.